The van der Waals surface area contributed by atoms with Gasteiger partial charge in [0.15, 0.2) is 5.11 Å². The van der Waals surface area contributed by atoms with Gasteiger partial charge in [0.2, 0.25) is 0 Å². The van der Waals surface area contributed by atoms with Crippen LogP contribution in [-0.2, 0) is 12.7 Å². The molecule has 36 heavy (non-hydrogen) atoms. The number of nitrogens with one attached hydrogen (secondary N) is 1. The van der Waals surface area contributed by atoms with E-state index in [9.17, 15) is 13.2 Å². The molecule has 8 heteroatoms. The second-order valence-electron chi connectivity index (χ2n) is 8.92. The Balaban J connectivity index is 1.65. The van der Waals surface area contributed by atoms with Crippen LogP contribution in [0.1, 0.15) is 45.9 Å². The number of benzene rings is 2. The Hall–Kier alpha value is -3.65. The molecule has 1 aliphatic heterocycles. The van der Waals surface area contributed by atoms with Gasteiger partial charge in [0, 0.05) is 24.1 Å². The highest BCUT2D eigenvalue weighted by Gasteiger charge is 2.42. The standard InChI is InChI=1S/C28H25F3N4S/c1-18-16-21(19(2)35(18)24-14-7-6-12-22(24)28(29,30)31)26-25(23-13-8-9-15-32-23)33-27(36)34(26)17-20-10-4-3-5-11-20/h3-16,25-26H,17H2,1-2H3,(H,33,36)/t25-,26+/m1/s1. The zero-order chi connectivity index (χ0) is 25.4. The van der Waals surface area contributed by atoms with Crippen molar-refractivity contribution in [2.24, 2.45) is 0 Å². The summed E-state index contributed by atoms with van der Waals surface area (Å²) in [6, 6.07) is 22.9. The number of aromatic nitrogens is 2. The summed E-state index contributed by atoms with van der Waals surface area (Å²) in [7, 11) is 0. The third-order valence-corrected chi connectivity index (χ3v) is 6.99. The Bertz CT molecular complexity index is 1380. The van der Waals surface area contributed by atoms with Gasteiger partial charge < -0.3 is 14.8 Å². The Kier molecular flexibility index (Phi) is 6.30. The topological polar surface area (TPSA) is 33.1 Å². The average molecular weight is 507 g/mol. The summed E-state index contributed by atoms with van der Waals surface area (Å²) in [5, 5.41) is 4.01. The lowest BCUT2D eigenvalue weighted by molar-refractivity contribution is -0.137. The molecule has 0 amide bonds. The van der Waals surface area contributed by atoms with Crippen LogP contribution in [0.25, 0.3) is 5.69 Å². The maximum Gasteiger partial charge on any atom is 0.418 e. The van der Waals surface area contributed by atoms with Crippen molar-refractivity contribution in [2.45, 2.75) is 38.7 Å². The minimum atomic E-state index is -4.47. The van der Waals surface area contributed by atoms with E-state index in [1.807, 2.05) is 68.4 Å². The molecule has 1 fully saturated rings. The van der Waals surface area contributed by atoms with E-state index in [0.29, 0.717) is 11.7 Å². The van der Waals surface area contributed by atoms with Gasteiger partial charge >= 0.3 is 6.18 Å². The fourth-order valence-corrected chi connectivity index (χ4v) is 5.37. The molecule has 3 heterocycles. The summed E-state index contributed by atoms with van der Waals surface area (Å²) < 4.78 is 43.4. The molecule has 2 atom stereocenters. The summed E-state index contributed by atoms with van der Waals surface area (Å²) >= 11 is 5.77. The predicted octanol–water partition coefficient (Wildman–Crippen LogP) is 6.68. The third-order valence-electron chi connectivity index (χ3n) is 6.63. The molecule has 2 aromatic carbocycles. The smallest absolute Gasteiger partial charge is 0.352 e. The fraction of sp³-hybridized carbons (Fsp3) is 0.214. The number of hydrogen-bond donors (Lipinski definition) is 1. The molecule has 0 bridgehead atoms. The van der Waals surface area contributed by atoms with Gasteiger partial charge in [0.05, 0.1) is 29.0 Å². The van der Waals surface area contributed by atoms with E-state index in [2.05, 4.69) is 15.2 Å². The maximum atomic E-state index is 13.9. The first-order chi connectivity index (χ1) is 17.3. The highest BCUT2D eigenvalue weighted by Crippen LogP contribution is 2.43. The van der Waals surface area contributed by atoms with Gasteiger partial charge in [-0.15, -0.1) is 0 Å². The lowest BCUT2D eigenvalue weighted by Gasteiger charge is -2.28. The lowest BCUT2D eigenvalue weighted by Crippen LogP contribution is -2.29. The Morgan fingerprint density at radius 1 is 0.944 bits per heavy atom. The minimum absolute atomic E-state index is 0.115. The van der Waals surface area contributed by atoms with Crippen LogP contribution < -0.4 is 5.32 Å². The summed E-state index contributed by atoms with van der Waals surface area (Å²) in [4.78, 5) is 6.67. The van der Waals surface area contributed by atoms with Gasteiger partial charge in [-0.25, -0.2) is 0 Å². The van der Waals surface area contributed by atoms with Crippen molar-refractivity contribution < 1.29 is 13.2 Å². The van der Waals surface area contributed by atoms with Crippen LogP contribution in [0.2, 0.25) is 0 Å². The molecule has 0 radical (unpaired) electrons. The molecule has 1 saturated heterocycles. The van der Waals surface area contributed by atoms with Gasteiger partial charge in [-0.3, -0.25) is 4.98 Å². The van der Waals surface area contributed by atoms with Crippen molar-refractivity contribution in [1.82, 2.24) is 19.8 Å². The molecule has 0 saturated carbocycles. The number of aryl methyl sites for hydroxylation is 1. The number of rotatable bonds is 5. The van der Waals surface area contributed by atoms with Gasteiger partial charge in [-0.1, -0.05) is 48.5 Å². The number of hydrogen-bond acceptors (Lipinski definition) is 2. The average Bonchev–Trinajstić information content (AvgIpc) is 3.34. The summed E-state index contributed by atoms with van der Waals surface area (Å²) in [5.74, 6) is 0. The second kappa shape index (κ2) is 9.43. The van der Waals surface area contributed by atoms with Gasteiger partial charge in [-0.05, 0) is 67.5 Å². The molecular formula is C28H25F3N4S. The maximum absolute atomic E-state index is 13.9. The minimum Gasteiger partial charge on any atom is -0.352 e. The first-order valence-corrected chi connectivity index (χ1v) is 12.0. The SMILES string of the molecule is Cc1cc([C@H]2[C@@H](c3ccccn3)NC(=S)N2Cc2ccccc2)c(C)n1-c1ccccc1C(F)(F)F. The van der Waals surface area contributed by atoms with E-state index in [1.54, 1.807) is 16.8 Å². The van der Waals surface area contributed by atoms with Gasteiger partial charge in [0.25, 0.3) is 0 Å². The molecule has 0 aliphatic carbocycles. The van der Waals surface area contributed by atoms with Crippen LogP contribution in [0.5, 0.6) is 0 Å². The van der Waals surface area contributed by atoms with Crippen LogP contribution in [0, 0.1) is 13.8 Å². The number of para-hydroxylation sites is 1. The van der Waals surface area contributed by atoms with Gasteiger partial charge in [-0.2, -0.15) is 13.2 Å². The molecular weight excluding hydrogens is 481 g/mol. The van der Waals surface area contributed by atoms with E-state index in [4.69, 9.17) is 12.2 Å². The molecule has 184 valence electrons. The first-order valence-electron chi connectivity index (χ1n) is 11.6. The summed E-state index contributed by atoms with van der Waals surface area (Å²) in [5.41, 5.74) is 3.72. The number of halogens is 3. The Morgan fingerprint density at radius 3 is 2.33 bits per heavy atom. The van der Waals surface area contributed by atoms with Crippen molar-refractivity contribution in [3.63, 3.8) is 0 Å². The van der Waals surface area contributed by atoms with Crippen molar-refractivity contribution in [3.05, 3.63) is 119 Å². The van der Waals surface area contributed by atoms with Crippen LogP contribution in [0.4, 0.5) is 13.2 Å². The Labute approximate surface area is 213 Å². The largest absolute Gasteiger partial charge is 0.418 e. The molecule has 0 unspecified atom stereocenters. The van der Waals surface area contributed by atoms with Crippen LogP contribution in [-0.4, -0.2) is 19.6 Å². The van der Waals surface area contributed by atoms with E-state index in [1.165, 1.54) is 12.1 Å². The van der Waals surface area contributed by atoms with E-state index in [0.717, 1.165) is 34.3 Å². The van der Waals surface area contributed by atoms with Crippen LogP contribution in [0.3, 0.4) is 0 Å². The third kappa shape index (κ3) is 4.37. The molecule has 1 aliphatic rings. The zero-order valence-corrected chi connectivity index (χ0v) is 20.6. The monoisotopic (exact) mass is 506 g/mol. The molecule has 0 spiro atoms. The zero-order valence-electron chi connectivity index (χ0n) is 19.8. The number of nitrogens with zero attached hydrogens (tertiary/aromatic N) is 3. The first kappa shape index (κ1) is 24.1. The van der Waals surface area contributed by atoms with Crippen LogP contribution >= 0.6 is 12.2 Å². The van der Waals surface area contributed by atoms with E-state index < -0.39 is 11.7 Å². The fourth-order valence-electron chi connectivity index (χ4n) is 5.06. The van der Waals surface area contributed by atoms with Crippen molar-refractivity contribution in [1.29, 1.82) is 0 Å². The number of thiocarbonyl (C=S) groups is 1. The second-order valence-corrected chi connectivity index (χ2v) is 9.30. The van der Waals surface area contributed by atoms with Crippen molar-refractivity contribution >= 4 is 17.3 Å². The normalized spacial score (nSPS) is 17.9. The lowest BCUT2D eigenvalue weighted by atomic mass is 9.96. The Morgan fingerprint density at radius 2 is 1.64 bits per heavy atom. The molecule has 4 nitrogen and oxygen atoms in total. The molecule has 2 aromatic heterocycles. The highest BCUT2D eigenvalue weighted by atomic mass is 32.1. The molecule has 1 N–H and O–H groups in total. The van der Waals surface area contributed by atoms with Crippen molar-refractivity contribution in [3.8, 4) is 5.69 Å². The molecule has 4 aromatic rings. The van der Waals surface area contributed by atoms with E-state index in [-0.39, 0.29) is 17.8 Å². The number of alkyl halides is 3. The van der Waals surface area contributed by atoms with Crippen molar-refractivity contribution in [2.75, 3.05) is 0 Å². The number of pyridine rings is 1. The van der Waals surface area contributed by atoms with Crippen LogP contribution in [0.15, 0.2) is 85.1 Å². The highest BCUT2D eigenvalue weighted by molar-refractivity contribution is 7.80. The predicted molar refractivity (Wildman–Crippen MR) is 138 cm³/mol. The summed E-state index contributed by atoms with van der Waals surface area (Å²) in [6.45, 7) is 4.26. The van der Waals surface area contributed by atoms with E-state index >= 15 is 0 Å². The van der Waals surface area contributed by atoms with Gasteiger partial charge in [0.1, 0.15) is 0 Å². The quantitative estimate of drug-likeness (QED) is 0.306. The molecule has 5 rings (SSSR count). The summed E-state index contributed by atoms with van der Waals surface area (Å²) in [6.07, 6.45) is -2.73.